The summed E-state index contributed by atoms with van der Waals surface area (Å²) in [5.74, 6) is -0.384. The molecule has 2 aliphatic rings. The number of aryl methyl sites for hydroxylation is 1. The van der Waals surface area contributed by atoms with Crippen molar-refractivity contribution in [3.05, 3.63) is 80.5 Å². The van der Waals surface area contributed by atoms with Crippen LogP contribution in [0.15, 0.2) is 35.3 Å². The number of carbonyl (C=O) groups is 1. The van der Waals surface area contributed by atoms with E-state index in [2.05, 4.69) is 9.97 Å². The first-order valence-electron chi connectivity index (χ1n) is 11.3. The Morgan fingerprint density at radius 2 is 1.97 bits per heavy atom. The molecule has 2 aromatic heterocycles. The van der Waals surface area contributed by atoms with Crippen LogP contribution in [0.1, 0.15) is 45.2 Å². The molecule has 4 aromatic rings. The summed E-state index contributed by atoms with van der Waals surface area (Å²) in [5.41, 5.74) is 3.09. The summed E-state index contributed by atoms with van der Waals surface area (Å²) in [6.45, 7) is 3.32. The molecule has 2 aliphatic heterocycles. The van der Waals surface area contributed by atoms with Gasteiger partial charge in [0, 0.05) is 36.7 Å². The lowest BCUT2D eigenvalue weighted by Crippen LogP contribution is -2.37. The largest absolute Gasteiger partial charge is 0.381 e. The maximum absolute atomic E-state index is 14.3. The SMILES string of the molecule is Cc1cc2c(cc1C(=O)N1CCc3c(F)ccc(F)c3C1)[nH]c(=O)c1cnc(C3CCOC3)n12. The molecule has 0 saturated carbocycles. The monoisotopic (exact) mass is 464 g/mol. The van der Waals surface area contributed by atoms with Gasteiger partial charge in [-0.05, 0) is 55.2 Å². The number of fused-ring (bicyclic) bond motifs is 4. The van der Waals surface area contributed by atoms with Crippen LogP contribution in [-0.2, 0) is 17.7 Å². The van der Waals surface area contributed by atoms with Crippen molar-refractivity contribution in [2.75, 3.05) is 19.8 Å². The van der Waals surface area contributed by atoms with Crippen LogP contribution < -0.4 is 5.56 Å². The van der Waals surface area contributed by atoms with E-state index in [0.29, 0.717) is 35.4 Å². The molecule has 1 fully saturated rings. The molecular weight excluding hydrogens is 442 g/mol. The zero-order valence-electron chi connectivity index (χ0n) is 18.5. The van der Waals surface area contributed by atoms with Crippen LogP contribution >= 0.6 is 0 Å². The molecule has 0 bridgehead atoms. The minimum atomic E-state index is -0.514. The zero-order chi connectivity index (χ0) is 23.6. The van der Waals surface area contributed by atoms with Gasteiger partial charge in [0.2, 0.25) is 0 Å². The number of H-pyrrole nitrogens is 1. The van der Waals surface area contributed by atoms with Gasteiger partial charge < -0.3 is 14.6 Å². The number of nitrogens with zero attached hydrogens (tertiary/aromatic N) is 3. The number of aromatic amines is 1. The molecular formula is C25H22F2N4O3. The van der Waals surface area contributed by atoms with Crippen molar-refractivity contribution in [1.29, 1.82) is 0 Å². The van der Waals surface area contributed by atoms with Crippen molar-refractivity contribution in [2.45, 2.75) is 32.2 Å². The minimum absolute atomic E-state index is 0.00184. The van der Waals surface area contributed by atoms with E-state index in [1.807, 2.05) is 17.4 Å². The molecule has 34 heavy (non-hydrogen) atoms. The van der Waals surface area contributed by atoms with Crippen molar-refractivity contribution in [1.82, 2.24) is 19.3 Å². The molecule has 1 unspecified atom stereocenters. The predicted octanol–water partition coefficient (Wildman–Crippen LogP) is 3.46. The number of nitrogens with one attached hydrogen (secondary N) is 1. The molecule has 0 aliphatic carbocycles. The van der Waals surface area contributed by atoms with Crippen LogP contribution in [0.25, 0.3) is 16.6 Å². The second kappa shape index (κ2) is 7.73. The quantitative estimate of drug-likeness (QED) is 0.493. The van der Waals surface area contributed by atoms with Gasteiger partial charge in [-0.25, -0.2) is 13.8 Å². The highest BCUT2D eigenvalue weighted by molar-refractivity contribution is 5.99. The lowest BCUT2D eigenvalue weighted by atomic mass is 9.97. The summed E-state index contributed by atoms with van der Waals surface area (Å²) in [6.07, 6.45) is 2.65. The van der Waals surface area contributed by atoms with E-state index in [-0.39, 0.29) is 42.5 Å². The Kier molecular flexibility index (Phi) is 4.77. The normalized spacial score (nSPS) is 18.1. The van der Waals surface area contributed by atoms with Gasteiger partial charge in [0.25, 0.3) is 11.5 Å². The third-order valence-electron chi connectivity index (χ3n) is 6.96. The maximum atomic E-state index is 14.3. The second-order valence-corrected chi connectivity index (χ2v) is 9.00. The number of rotatable bonds is 2. The van der Waals surface area contributed by atoms with Crippen LogP contribution in [0.3, 0.4) is 0 Å². The second-order valence-electron chi connectivity index (χ2n) is 9.00. The summed E-state index contributed by atoms with van der Waals surface area (Å²) in [6, 6.07) is 5.75. The molecule has 7 nitrogen and oxygen atoms in total. The molecule has 174 valence electrons. The Labute approximate surface area is 193 Å². The molecule has 1 amide bonds. The van der Waals surface area contributed by atoms with E-state index in [0.717, 1.165) is 35.5 Å². The number of benzene rings is 2. The van der Waals surface area contributed by atoms with Crippen molar-refractivity contribution in [3.8, 4) is 0 Å². The highest BCUT2D eigenvalue weighted by Crippen LogP contribution is 2.29. The molecule has 1 saturated heterocycles. The van der Waals surface area contributed by atoms with Gasteiger partial charge in [-0.3, -0.25) is 14.0 Å². The van der Waals surface area contributed by atoms with Gasteiger partial charge in [0.05, 0.1) is 23.8 Å². The Morgan fingerprint density at radius 3 is 2.74 bits per heavy atom. The minimum Gasteiger partial charge on any atom is -0.381 e. The molecule has 1 N–H and O–H groups in total. The predicted molar refractivity (Wildman–Crippen MR) is 121 cm³/mol. The lowest BCUT2D eigenvalue weighted by Gasteiger charge is -2.30. The summed E-state index contributed by atoms with van der Waals surface area (Å²) in [7, 11) is 0. The summed E-state index contributed by atoms with van der Waals surface area (Å²) in [4.78, 5) is 35.1. The fourth-order valence-electron chi connectivity index (χ4n) is 5.14. The standard InChI is InChI=1S/C25H22F2N4O3/c1-13-8-21-20(29-24(32)22-10-28-23(31(21)22)14-5-7-34-12-14)9-16(13)25(33)30-6-4-15-17(11-30)19(27)3-2-18(15)26/h2-3,8-10,14H,4-7,11-12H2,1H3,(H,29,32). The maximum Gasteiger partial charge on any atom is 0.274 e. The Hall–Kier alpha value is -3.59. The van der Waals surface area contributed by atoms with Gasteiger partial charge in [-0.2, -0.15) is 0 Å². The first-order valence-corrected chi connectivity index (χ1v) is 11.3. The number of hydrogen-bond acceptors (Lipinski definition) is 4. The van der Waals surface area contributed by atoms with Crippen LogP contribution in [0.2, 0.25) is 0 Å². The van der Waals surface area contributed by atoms with Gasteiger partial charge >= 0.3 is 0 Å². The van der Waals surface area contributed by atoms with E-state index < -0.39 is 11.6 Å². The number of carbonyl (C=O) groups excluding carboxylic acids is 1. The molecule has 1 atom stereocenters. The molecule has 4 heterocycles. The topological polar surface area (TPSA) is 79.7 Å². The number of imidazole rings is 1. The van der Waals surface area contributed by atoms with Gasteiger partial charge in [-0.1, -0.05) is 0 Å². The third-order valence-corrected chi connectivity index (χ3v) is 6.96. The van der Waals surface area contributed by atoms with Crippen LogP contribution in [0, 0.1) is 18.6 Å². The van der Waals surface area contributed by atoms with Gasteiger partial charge in [0.1, 0.15) is 23.0 Å². The van der Waals surface area contributed by atoms with Crippen molar-refractivity contribution < 1.29 is 18.3 Å². The van der Waals surface area contributed by atoms with Crippen LogP contribution in [-0.4, -0.2) is 44.9 Å². The molecule has 0 radical (unpaired) electrons. The fraction of sp³-hybridized carbons (Fsp3) is 0.320. The third kappa shape index (κ3) is 3.14. The zero-order valence-corrected chi connectivity index (χ0v) is 18.5. The first kappa shape index (κ1) is 21.0. The molecule has 2 aromatic carbocycles. The number of amides is 1. The smallest absolute Gasteiger partial charge is 0.274 e. The number of aromatic nitrogens is 3. The average Bonchev–Trinajstić information content (AvgIpc) is 3.51. The van der Waals surface area contributed by atoms with Crippen molar-refractivity contribution in [2.24, 2.45) is 0 Å². The van der Waals surface area contributed by atoms with E-state index in [4.69, 9.17) is 4.74 Å². The van der Waals surface area contributed by atoms with E-state index in [9.17, 15) is 18.4 Å². The number of ether oxygens (including phenoxy) is 1. The van der Waals surface area contributed by atoms with Crippen LogP contribution in [0.4, 0.5) is 8.78 Å². The first-order chi connectivity index (χ1) is 16.4. The fourth-order valence-corrected chi connectivity index (χ4v) is 5.14. The Morgan fingerprint density at radius 1 is 1.18 bits per heavy atom. The van der Waals surface area contributed by atoms with Crippen molar-refractivity contribution in [3.63, 3.8) is 0 Å². The summed E-state index contributed by atoms with van der Waals surface area (Å²) < 4.78 is 35.8. The van der Waals surface area contributed by atoms with Crippen LogP contribution in [0.5, 0.6) is 0 Å². The highest BCUT2D eigenvalue weighted by Gasteiger charge is 2.28. The summed E-state index contributed by atoms with van der Waals surface area (Å²) >= 11 is 0. The highest BCUT2D eigenvalue weighted by atomic mass is 19.1. The molecule has 9 heteroatoms. The summed E-state index contributed by atoms with van der Waals surface area (Å²) in [5, 5.41) is 0. The van der Waals surface area contributed by atoms with Gasteiger partial charge in [0.15, 0.2) is 0 Å². The van der Waals surface area contributed by atoms with E-state index in [1.54, 1.807) is 12.3 Å². The van der Waals surface area contributed by atoms with E-state index >= 15 is 0 Å². The Bertz CT molecular complexity index is 1540. The number of halogens is 2. The molecule has 6 rings (SSSR count). The van der Waals surface area contributed by atoms with Crippen molar-refractivity contribution >= 4 is 22.5 Å². The van der Waals surface area contributed by atoms with Gasteiger partial charge in [-0.15, -0.1) is 0 Å². The lowest BCUT2D eigenvalue weighted by molar-refractivity contribution is 0.0730. The average molecular weight is 464 g/mol. The number of hydrogen-bond donors (Lipinski definition) is 1. The molecule has 0 spiro atoms. The Balaban J connectivity index is 1.43. The van der Waals surface area contributed by atoms with E-state index in [1.165, 1.54) is 4.90 Å².